The van der Waals surface area contributed by atoms with Crippen LogP contribution in [-0.4, -0.2) is 29.8 Å². The van der Waals surface area contributed by atoms with Gasteiger partial charge in [-0.05, 0) is 55.4 Å². The summed E-state index contributed by atoms with van der Waals surface area (Å²) in [5.41, 5.74) is 4.86. The van der Waals surface area contributed by atoms with Gasteiger partial charge in [-0.2, -0.15) is 0 Å². The zero-order valence-electron chi connectivity index (χ0n) is 17.4. The Bertz CT molecular complexity index is 949. The second kappa shape index (κ2) is 7.86. The van der Waals surface area contributed by atoms with Crippen LogP contribution in [0.4, 0.5) is 5.69 Å². The third-order valence-corrected chi connectivity index (χ3v) is 6.10. The molecule has 0 spiro atoms. The number of amides is 2. The highest BCUT2D eigenvalue weighted by molar-refractivity contribution is 6.45. The van der Waals surface area contributed by atoms with Crippen LogP contribution in [-0.2, 0) is 16.0 Å². The number of carbonyl (C=O) groups excluding carboxylic acids is 2. The molecule has 0 unspecified atom stereocenters. The molecule has 1 saturated heterocycles. The fourth-order valence-corrected chi connectivity index (χ4v) is 4.14. The van der Waals surface area contributed by atoms with Crippen molar-refractivity contribution < 1.29 is 9.59 Å². The Balaban J connectivity index is 1.77. The summed E-state index contributed by atoms with van der Waals surface area (Å²) in [5, 5.41) is 0. The smallest absolute Gasteiger partial charge is 0.282 e. The molecular formula is C25H28N2O2. The molecule has 4 nitrogen and oxygen atoms in total. The zero-order valence-corrected chi connectivity index (χ0v) is 17.4. The third kappa shape index (κ3) is 3.59. The molecule has 150 valence electrons. The van der Waals surface area contributed by atoms with Crippen LogP contribution >= 0.6 is 0 Å². The summed E-state index contributed by atoms with van der Waals surface area (Å²) in [6.07, 6.45) is 3.00. The summed E-state index contributed by atoms with van der Waals surface area (Å²) in [4.78, 5) is 30.5. The normalized spacial score (nSPS) is 18.2. The average molecular weight is 389 g/mol. The van der Waals surface area contributed by atoms with Gasteiger partial charge in [-0.3, -0.25) is 9.59 Å². The van der Waals surface area contributed by atoms with E-state index in [-0.39, 0.29) is 11.8 Å². The quantitative estimate of drug-likeness (QED) is 0.720. The lowest BCUT2D eigenvalue weighted by Crippen LogP contribution is -2.38. The minimum absolute atomic E-state index is 0.204. The highest BCUT2D eigenvalue weighted by Crippen LogP contribution is 2.36. The molecule has 2 aromatic rings. The number of rotatable bonds is 4. The molecule has 1 fully saturated rings. The van der Waals surface area contributed by atoms with Gasteiger partial charge in [0.2, 0.25) is 0 Å². The zero-order chi connectivity index (χ0) is 20.5. The van der Waals surface area contributed by atoms with Crippen molar-refractivity contribution in [2.75, 3.05) is 18.0 Å². The fraction of sp³-hybridized carbons (Fsp3) is 0.360. The van der Waals surface area contributed by atoms with Crippen molar-refractivity contribution in [3.8, 4) is 0 Å². The SMILES string of the molecule is CCc1ccc(N2C(=O)C(c3ccc(C)cc3)=C(N3CCC(C)CC3)C2=O)cc1. The van der Waals surface area contributed by atoms with Crippen LogP contribution in [0.25, 0.3) is 5.57 Å². The van der Waals surface area contributed by atoms with E-state index in [1.165, 1.54) is 10.5 Å². The maximum absolute atomic E-state index is 13.5. The van der Waals surface area contributed by atoms with E-state index in [0.29, 0.717) is 22.9 Å². The highest BCUT2D eigenvalue weighted by atomic mass is 16.2. The maximum Gasteiger partial charge on any atom is 0.282 e. The van der Waals surface area contributed by atoms with Gasteiger partial charge in [-0.1, -0.05) is 55.8 Å². The van der Waals surface area contributed by atoms with Crippen LogP contribution < -0.4 is 4.90 Å². The predicted molar refractivity (Wildman–Crippen MR) is 116 cm³/mol. The second-order valence-corrected chi connectivity index (χ2v) is 8.22. The Morgan fingerprint density at radius 3 is 2.10 bits per heavy atom. The number of hydrogen-bond acceptors (Lipinski definition) is 3. The van der Waals surface area contributed by atoms with E-state index >= 15 is 0 Å². The summed E-state index contributed by atoms with van der Waals surface area (Å²) in [7, 11) is 0. The molecule has 2 amide bonds. The lowest BCUT2D eigenvalue weighted by Gasteiger charge is -2.32. The van der Waals surface area contributed by atoms with Crippen LogP contribution in [0.15, 0.2) is 54.2 Å². The number of hydrogen-bond donors (Lipinski definition) is 0. The predicted octanol–water partition coefficient (Wildman–Crippen LogP) is 4.57. The van der Waals surface area contributed by atoms with Gasteiger partial charge in [0.15, 0.2) is 0 Å². The monoisotopic (exact) mass is 388 g/mol. The van der Waals surface area contributed by atoms with Gasteiger partial charge in [-0.15, -0.1) is 0 Å². The van der Waals surface area contributed by atoms with Crippen LogP contribution in [0.3, 0.4) is 0 Å². The van der Waals surface area contributed by atoms with E-state index in [9.17, 15) is 9.59 Å². The van der Waals surface area contributed by atoms with E-state index in [2.05, 4.69) is 18.7 Å². The lowest BCUT2D eigenvalue weighted by molar-refractivity contribution is -0.120. The van der Waals surface area contributed by atoms with E-state index in [0.717, 1.165) is 43.5 Å². The summed E-state index contributed by atoms with van der Waals surface area (Å²) in [5.74, 6) is 0.223. The highest BCUT2D eigenvalue weighted by Gasteiger charge is 2.42. The number of nitrogens with zero attached hydrogens (tertiary/aromatic N) is 2. The molecule has 0 aromatic heterocycles. The topological polar surface area (TPSA) is 40.6 Å². The molecule has 4 heteroatoms. The van der Waals surface area contributed by atoms with Gasteiger partial charge in [0.25, 0.3) is 11.8 Å². The van der Waals surface area contributed by atoms with Crippen LogP contribution in [0, 0.1) is 12.8 Å². The van der Waals surface area contributed by atoms with Crippen molar-refractivity contribution in [3.05, 3.63) is 70.9 Å². The van der Waals surface area contributed by atoms with Crippen LogP contribution in [0.2, 0.25) is 0 Å². The number of piperidine rings is 1. The van der Waals surface area contributed by atoms with Crippen LogP contribution in [0.1, 0.15) is 43.4 Å². The first kappa shape index (κ1) is 19.4. The summed E-state index contributed by atoms with van der Waals surface area (Å²) < 4.78 is 0. The third-order valence-electron chi connectivity index (χ3n) is 6.10. The van der Waals surface area contributed by atoms with E-state index < -0.39 is 0 Å². The van der Waals surface area contributed by atoms with Crippen molar-refractivity contribution in [3.63, 3.8) is 0 Å². The van der Waals surface area contributed by atoms with E-state index in [4.69, 9.17) is 0 Å². The number of benzene rings is 2. The molecule has 0 saturated carbocycles. The van der Waals surface area contributed by atoms with Crippen molar-refractivity contribution in [2.45, 2.75) is 40.0 Å². The number of carbonyl (C=O) groups is 2. The Morgan fingerprint density at radius 2 is 1.52 bits per heavy atom. The molecule has 2 heterocycles. The number of imide groups is 1. The Labute approximate surface area is 172 Å². The van der Waals surface area contributed by atoms with Gasteiger partial charge >= 0.3 is 0 Å². The minimum Gasteiger partial charge on any atom is -0.366 e. The standard InChI is InChI=1S/C25H28N2O2/c1-4-19-7-11-21(12-8-19)27-24(28)22(20-9-5-17(2)6-10-20)23(25(27)29)26-15-13-18(3)14-16-26/h5-12,18H,4,13-16H2,1-3H3. The van der Waals surface area contributed by atoms with Gasteiger partial charge in [0.1, 0.15) is 5.70 Å². The molecule has 2 aliphatic heterocycles. The molecule has 29 heavy (non-hydrogen) atoms. The summed E-state index contributed by atoms with van der Waals surface area (Å²) >= 11 is 0. The maximum atomic E-state index is 13.5. The summed E-state index contributed by atoms with van der Waals surface area (Å²) in [6.45, 7) is 7.98. The summed E-state index contributed by atoms with van der Waals surface area (Å²) in [6, 6.07) is 15.6. The van der Waals surface area contributed by atoms with Crippen molar-refractivity contribution in [2.24, 2.45) is 5.92 Å². The number of anilines is 1. The van der Waals surface area contributed by atoms with Gasteiger partial charge in [0.05, 0.1) is 11.3 Å². The molecular weight excluding hydrogens is 360 g/mol. The van der Waals surface area contributed by atoms with E-state index in [1.54, 1.807) is 0 Å². The average Bonchev–Trinajstić information content (AvgIpc) is 2.99. The van der Waals surface area contributed by atoms with Gasteiger partial charge < -0.3 is 4.90 Å². The van der Waals surface area contributed by atoms with Crippen LogP contribution in [0.5, 0.6) is 0 Å². The van der Waals surface area contributed by atoms with E-state index in [1.807, 2.05) is 55.5 Å². The molecule has 4 rings (SSSR count). The molecule has 2 aliphatic rings. The molecule has 0 radical (unpaired) electrons. The largest absolute Gasteiger partial charge is 0.366 e. The van der Waals surface area contributed by atoms with Gasteiger partial charge in [-0.25, -0.2) is 4.90 Å². The molecule has 0 N–H and O–H groups in total. The molecule has 2 aromatic carbocycles. The number of aryl methyl sites for hydroxylation is 2. The van der Waals surface area contributed by atoms with Crippen molar-refractivity contribution >= 4 is 23.1 Å². The first-order valence-corrected chi connectivity index (χ1v) is 10.5. The molecule has 0 bridgehead atoms. The second-order valence-electron chi connectivity index (χ2n) is 8.22. The Morgan fingerprint density at radius 1 is 0.897 bits per heavy atom. The number of likely N-dealkylation sites (tertiary alicyclic amines) is 1. The Hall–Kier alpha value is -2.88. The van der Waals surface area contributed by atoms with Gasteiger partial charge in [0, 0.05) is 13.1 Å². The minimum atomic E-state index is -0.225. The first-order chi connectivity index (χ1) is 14.0. The molecule has 0 aliphatic carbocycles. The van der Waals surface area contributed by atoms with Crippen molar-refractivity contribution in [1.29, 1.82) is 0 Å². The Kier molecular flexibility index (Phi) is 5.27. The van der Waals surface area contributed by atoms with Crippen molar-refractivity contribution in [1.82, 2.24) is 4.90 Å². The molecule has 0 atom stereocenters. The first-order valence-electron chi connectivity index (χ1n) is 10.5. The lowest BCUT2D eigenvalue weighted by atomic mass is 9.97. The fourth-order valence-electron chi connectivity index (χ4n) is 4.14.